The van der Waals surface area contributed by atoms with Crippen molar-refractivity contribution in [2.24, 2.45) is 23.2 Å². The van der Waals surface area contributed by atoms with Gasteiger partial charge in [-0.3, -0.25) is 9.59 Å². The summed E-state index contributed by atoms with van der Waals surface area (Å²) in [5.74, 6) is -1.28. The fraction of sp³-hybridized carbons (Fsp3) is 0.882. The van der Waals surface area contributed by atoms with E-state index in [0.717, 1.165) is 19.3 Å². The molecule has 1 amide bonds. The van der Waals surface area contributed by atoms with Crippen molar-refractivity contribution in [3.63, 3.8) is 0 Å². The quantitative estimate of drug-likeness (QED) is 0.816. The Labute approximate surface area is 128 Å². The Balaban J connectivity index is 2.77. The normalized spacial score (nSPS) is 24.7. The lowest BCUT2D eigenvalue weighted by Crippen LogP contribution is -2.49. The van der Waals surface area contributed by atoms with E-state index in [1.807, 2.05) is 0 Å². The molecular weight excluding hydrogens is 266 g/mol. The molecule has 0 bridgehead atoms. The summed E-state index contributed by atoms with van der Waals surface area (Å²) >= 11 is 0. The molecule has 0 aromatic heterocycles. The summed E-state index contributed by atoms with van der Waals surface area (Å²) in [5.41, 5.74) is -0.0205. The van der Waals surface area contributed by atoms with Crippen LogP contribution in [0.2, 0.25) is 0 Å². The first-order valence-electron chi connectivity index (χ1n) is 8.16. The van der Waals surface area contributed by atoms with Gasteiger partial charge in [-0.25, -0.2) is 0 Å². The van der Waals surface area contributed by atoms with E-state index in [-0.39, 0.29) is 23.3 Å². The zero-order valence-electron chi connectivity index (χ0n) is 14.1. The van der Waals surface area contributed by atoms with Gasteiger partial charge in [0.25, 0.3) is 0 Å². The van der Waals surface area contributed by atoms with E-state index in [4.69, 9.17) is 0 Å². The van der Waals surface area contributed by atoms with E-state index < -0.39 is 11.9 Å². The van der Waals surface area contributed by atoms with E-state index in [0.29, 0.717) is 18.8 Å². The molecular formula is C17H31NO3. The lowest BCUT2D eigenvalue weighted by atomic mass is 9.77. The molecule has 1 aliphatic carbocycles. The highest BCUT2D eigenvalue weighted by Crippen LogP contribution is 2.32. The highest BCUT2D eigenvalue weighted by Gasteiger charge is 2.37. The SMILES string of the molecule is CC(C)CC(NC(=O)C1CCCCC1C(=O)O)C(C)(C)C. The number of hydrogen-bond acceptors (Lipinski definition) is 2. The second kappa shape index (κ2) is 7.28. The number of carboxylic acid groups (broad SMARTS) is 1. The van der Waals surface area contributed by atoms with Gasteiger partial charge in [-0.2, -0.15) is 0 Å². The van der Waals surface area contributed by atoms with Gasteiger partial charge < -0.3 is 10.4 Å². The van der Waals surface area contributed by atoms with Gasteiger partial charge in [-0.1, -0.05) is 47.5 Å². The average molecular weight is 297 g/mol. The standard InChI is InChI=1S/C17H31NO3/c1-11(2)10-14(17(3,4)5)18-15(19)12-8-6-7-9-13(12)16(20)21/h11-14H,6-10H2,1-5H3,(H,18,19)(H,20,21). The second-order valence-electron chi connectivity index (χ2n) is 7.89. The summed E-state index contributed by atoms with van der Waals surface area (Å²) in [6.07, 6.45) is 4.10. The monoisotopic (exact) mass is 297 g/mol. The van der Waals surface area contributed by atoms with E-state index in [1.165, 1.54) is 0 Å². The molecule has 0 radical (unpaired) electrons. The lowest BCUT2D eigenvalue weighted by Gasteiger charge is -2.35. The number of amides is 1. The van der Waals surface area contributed by atoms with Crippen LogP contribution in [-0.4, -0.2) is 23.0 Å². The van der Waals surface area contributed by atoms with E-state index in [1.54, 1.807) is 0 Å². The predicted molar refractivity (Wildman–Crippen MR) is 83.9 cm³/mol. The average Bonchev–Trinajstić information content (AvgIpc) is 2.36. The Hall–Kier alpha value is -1.06. The lowest BCUT2D eigenvalue weighted by molar-refractivity contribution is -0.149. The van der Waals surface area contributed by atoms with E-state index >= 15 is 0 Å². The number of rotatable bonds is 5. The minimum absolute atomic E-state index is 0.0205. The molecule has 4 nitrogen and oxygen atoms in total. The van der Waals surface area contributed by atoms with Crippen LogP contribution < -0.4 is 5.32 Å². The van der Waals surface area contributed by atoms with Gasteiger partial charge in [0.15, 0.2) is 0 Å². The molecule has 1 rings (SSSR count). The molecule has 3 unspecified atom stereocenters. The van der Waals surface area contributed by atoms with Crippen LogP contribution >= 0.6 is 0 Å². The number of carbonyl (C=O) groups is 2. The first kappa shape index (κ1) is 18.0. The third-order valence-electron chi connectivity index (χ3n) is 4.49. The van der Waals surface area contributed by atoms with Crippen LogP contribution in [0.4, 0.5) is 0 Å². The first-order chi connectivity index (χ1) is 9.62. The molecule has 1 fully saturated rings. The summed E-state index contributed by atoms with van der Waals surface area (Å²) in [6, 6.07) is 0.0846. The largest absolute Gasteiger partial charge is 0.481 e. The third-order valence-corrected chi connectivity index (χ3v) is 4.49. The van der Waals surface area contributed by atoms with Gasteiger partial charge in [0.1, 0.15) is 0 Å². The smallest absolute Gasteiger partial charge is 0.307 e. The number of aliphatic carboxylic acids is 1. The Kier molecular flexibility index (Phi) is 6.24. The van der Waals surface area contributed by atoms with Crippen LogP contribution in [0.25, 0.3) is 0 Å². The van der Waals surface area contributed by atoms with Gasteiger partial charge in [0.2, 0.25) is 5.91 Å². The van der Waals surface area contributed by atoms with Gasteiger partial charge in [-0.15, -0.1) is 0 Å². The highest BCUT2D eigenvalue weighted by molar-refractivity contribution is 5.85. The van der Waals surface area contributed by atoms with Gasteiger partial charge in [0.05, 0.1) is 11.8 Å². The van der Waals surface area contributed by atoms with Crippen molar-refractivity contribution in [1.29, 1.82) is 0 Å². The minimum atomic E-state index is -0.828. The van der Waals surface area contributed by atoms with Crippen molar-refractivity contribution in [1.82, 2.24) is 5.32 Å². The molecule has 1 aliphatic rings. The van der Waals surface area contributed by atoms with Crippen LogP contribution in [0, 0.1) is 23.2 Å². The van der Waals surface area contributed by atoms with Crippen molar-refractivity contribution in [3.05, 3.63) is 0 Å². The maximum Gasteiger partial charge on any atom is 0.307 e. The van der Waals surface area contributed by atoms with Gasteiger partial charge >= 0.3 is 5.97 Å². The van der Waals surface area contributed by atoms with Gasteiger partial charge in [-0.05, 0) is 30.6 Å². The summed E-state index contributed by atoms with van der Waals surface area (Å²) in [4.78, 5) is 23.9. The summed E-state index contributed by atoms with van der Waals surface area (Å²) in [6.45, 7) is 10.7. The Morgan fingerprint density at radius 1 is 1.14 bits per heavy atom. The molecule has 2 N–H and O–H groups in total. The molecule has 0 saturated heterocycles. The fourth-order valence-electron chi connectivity index (χ4n) is 3.12. The van der Waals surface area contributed by atoms with Crippen LogP contribution in [-0.2, 0) is 9.59 Å². The Bertz CT molecular complexity index is 371. The predicted octanol–water partition coefficient (Wildman–Crippen LogP) is 3.45. The van der Waals surface area contributed by atoms with Crippen molar-refractivity contribution in [3.8, 4) is 0 Å². The Morgan fingerprint density at radius 2 is 1.67 bits per heavy atom. The number of carboxylic acids is 1. The maximum atomic E-state index is 12.6. The van der Waals surface area contributed by atoms with Crippen molar-refractivity contribution < 1.29 is 14.7 Å². The molecule has 1 saturated carbocycles. The first-order valence-corrected chi connectivity index (χ1v) is 8.16. The second-order valence-corrected chi connectivity index (χ2v) is 7.89. The molecule has 21 heavy (non-hydrogen) atoms. The molecule has 0 aromatic rings. The maximum absolute atomic E-state index is 12.6. The zero-order valence-corrected chi connectivity index (χ0v) is 14.1. The molecule has 0 aliphatic heterocycles. The Morgan fingerprint density at radius 3 is 2.10 bits per heavy atom. The van der Waals surface area contributed by atoms with Crippen molar-refractivity contribution in [2.75, 3.05) is 0 Å². The van der Waals surface area contributed by atoms with Gasteiger partial charge in [0, 0.05) is 6.04 Å². The van der Waals surface area contributed by atoms with Crippen LogP contribution in [0.5, 0.6) is 0 Å². The van der Waals surface area contributed by atoms with Crippen LogP contribution in [0.3, 0.4) is 0 Å². The third kappa shape index (κ3) is 5.33. The van der Waals surface area contributed by atoms with E-state index in [2.05, 4.69) is 39.9 Å². The number of hydrogen-bond donors (Lipinski definition) is 2. The van der Waals surface area contributed by atoms with Crippen LogP contribution in [0.1, 0.15) is 66.7 Å². The molecule has 0 heterocycles. The highest BCUT2D eigenvalue weighted by atomic mass is 16.4. The molecule has 122 valence electrons. The number of nitrogens with one attached hydrogen (secondary N) is 1. The zero-order chi connectivity index (χ0) is 16.2. The fourth-order valence-corrected chi connectivity index (χ4v) is 3.12. The summed E-state index contributed by atoms with van der Waals surface area (Å²) < 4.78 is 0. The van der Waals surface area contributed by atoms with E-state index in [9.17, 15) is 14.7 Å². The van der Waals surface area contributed by atoms with Crippen molar-refractivity contribution >= 4 is 11.9 Å². The minimum Gasteiger partial charge on any atom is -0.481 e. The molecule has 0 spiro atoms. The topological polar surface area (TPSA) is 66.4 Å². The summed E-state index contributed by atoms with van der Waals surface area (Å²) in [7, 11) is 0. The van der Waals surface area contributed by atoms with Crippen molar-refractivity contribution in [2.45, 2.75) is 72.8 Å². The molecule has 0 aromatic carbocycles. The summed E-state index contributed by atoms with van der Waals surface area (Å²) in [5, 5.41) is 12.5. The molecule has 3 atom stereocenters. The van der Waals surface area contributed by atoms with Crippen LogP contribution in [0.15, 0.2) is 0 Å². The number of carbonyl (C=O) groups excluding carboxylic acids is 1. The molecule has 4 heteroatoms.